The molecule has 15 nitrogen and oxygen atoms in total. The minimum atomic E-state index is -5.84. The molecule has 1 fully saturated rings. The molecule has 1 aliphatic heterocycles. The number of terminal acetylenes is 1. The lowest BCUT2D eigenvalue weighted by atomic mass is 9.98. The average Bonchev–Trinajstić information content (AvgIpc) is 2.85. The van der Waals surface area contributed by atoms with Gasteiger partial charge >= 0.3 is 23.5 Å². The summed E-state index contributed by atoms with van der Waals surface area (Å²) in [4.78, 5) is 39.0. The van der Waals surface area contributed by atoms with Crippen molar-refractivity contribution in [2.45, 2.75) is 24.1 Å². The maximum absolute atomic E-state index is 14.7. The Morgan fingerprint density at radius 3 is 2.44 bits per heavy atom. The number of aliphatic hydroxyl groups is 1. The molecule has 2 heterocycles. The molecule has 0 amide bonds. The molecule has 1 saturated heterocycles. The van der Waals surface area contributed by atoms with Gasteiger partial charge in [0.2, 0.25) is 4.77 Å². The third-order valence-electron chi connectivity index (χ3n) is 3.69. The van der Waals surface area contributed by atoms with Crippen LogP contribution in [0.1, 0.15) is 6.23 Å². The number of alkyl halides is 1. The van der Waals surface area contributed by atoms with Crippen LogP contribution >= 0.6 is 35.7 Å². The van der Waals surface area contributed by atoms with Crippen molar-refractivity contribution in [2.75, 3.05) is 12.3 Å². The van der Waals surface area contributed by atoms with Crippen molar-refractivity contribution in [1.82, 2.24) is 9.55 Å². The molecule has 7 N–H and O–H groups in total. The van der Waals surface area contributed by atoms with Crippen molar-refractivity contribution >= 4 is 41.5 Å². The zero-order valence-corrected chi connectivity index (χ0v) is 18.7. The zero-order chi connectivity index (χ0) is 24.7. The van der Waals surface area contributed by atoms with Crippen molar-refractivity contribution in [3.05, 3.63) is 16.8 Å². The number of aromatic nitrogens is 2. The zero-order valence-electron chi connectivity index (χ0n) is 15.2. The summed E-state index contributed by atoms with van der Waals surface area (Å²) >= 11 is 4.82. The summed E-state index contributed by atoms with van der Waals surface area (Å²) in [6, 6.07) is 0. The quantitative estimate of drug-likeness (QED) is 0.147. The monoisotopic (exact) mass is 543 g/mol. The fraction of sp³-hybridized carbons (Fsp3) is 0.455. The van der Waals surface area contributed by atoms with E-state index in [1.807, 2.05) is 0 Å². The Balaban J connectivity index is 2.25. The van der Waals surface area contributed by atoms with E-state index >= 15 is 0 Å². The summed E-state index contributed by atoms with van der Waals surface area (Å²) in [5, 5.41) is 10.2. The van der Waals surface area contributed by atoms with E-state index in [1.165, 1.54) is 0 Å². The normalized spacial score (nSPS) is 29.8. The van der Waals surface area contributed by atoms with E-state index in [4.69, 9.17) is 43.8 Å². The van der Waals surface area contributed by atoms with Gasteiger partial charge in [0.15, 0.2) is 29.6 Å². The molecule has 1 aromatic rings. The number of phosphoric ester groups is 1. The van der Waals surface area contributed by atoms with E-state index < -0.39 is 70.6 Å². The predicted molar refractivity (Wildman–Crippen MR) is 99.8 cm³/mol. The first-order valence-electron chi connectivity index (χ1n) is 7.72. The van der Waals surface area contributed by atoms with E-state index in [0.29, 0.717) is 10.8 Å². The molecule has 6 atom stereocenters. The smallest absolute Gasteiger partial charge is 0.386 e. The number of nitrogens with zero attached hydrogens (tertiary/aromatic N) is 2. The number of nitrogen functional groups attached to an aromatic ring is 1. The van der Waals surface area contributed by atoms with E-state index in [2.05, 4.69) is 18.1 Å². The van der Waals surface area contributed by atoms with Crippen molar-refractivity contribution in [2.24, 2.45) is 0 Å². The molecule has 0 radical (unpaired) electrons. The molecule has 21 heteroatoms. The number of aliphatic hydroxyl groups excluding tert-OH is 1. The highest BCUT2D eigenvalue weighted by atomic mass is 32.1. The molecular weight excluding hydrogens is 529 g/mol. The maximum atomic E-state index is 14.7. The van der Waals surface area contributed by atoms with E-state index in [-0.39, 0.29) is 0 Å². The fourth-order valence-corrected chi connectivity index (χ4v) is 5.68. The Morgan fingerprint density at radius 2 is 1.91 bits per heavy atom. The molecule has 2 rings (SSSR count). The van der Waals surface area contributed by atoms with Crippen LogP contribution in [0.25, 0.3) is 0 Å². The molecule has 0 saturated carbocycles. The number of hydrogen-bond acceptors (Lipinski definition) is 11. The lowest BCUT2D eigenvalue weighted by molar-refractivity contribution is -0.0902. The van der Waals surface area contributed by atoms with Crippen LogP contribution in [-0.2, 0) is 31.6 Å². The molecule has 0 aliphatic carbocycles. The van der Waals surface area contributed by atoms with E-state index in [9.17, 15) is 32.5 Å². The van der Waals surface area contributed by atoms with Crippen molar-refractivity contribution in [3.8, 4) is 12.3 Å². The van der Waals surface area contributed by atoms with E-state index in [1.54, 1.807) is 5.92 Å². The first-order chi connectivity index (χ1) is 14.4. The minimum absolute atomic E-state index is 0.482. The largest absolute Gasteiger partial charge is 0.490 e. The second kappa shape index (κ2) is 9.24. The number of phosphoric acid groups is 3. The highest BCUT2D eigenvalue weighted by Gasteiger charge is 2.57. The van der Waals surface area contributed by atoms with Gasteiger partial charge in [-0.15, -0.1) is 6.42 Å². The molecule has 32 heavy (non-hydrogen) atoms. The van der Waals surface area contributed by atoms with Crippen LogP contribution in [0, 0.1) is 22.9 Å². The van der Waals surface area contributed by atoms with Crippen molar-refractivity contribution < 1.29 is 65.0 Å². The molecule has 5 unspecified atom stereocenters. The molecule has 1 aliphatic rings. The van der Waals surface area contributed by atoms with Crippen LogP contribution in [-0.4, -0.2) is 58.7 Å². The number of halogens is 2. The van der Waals surface area contributed by atoms with Gasteiger partial charge in [0.1, 0.15) is 12.7 Å². The SMILES string of the molecule is C#C[C@]1(COP(=O)(O)OP(=O)(O)OP(=O)(O)O)OC(n2cc(F)c(N)nc2=S)C(F)C1O. The van der Waals surface area contributed by atoms with Gasteiger partial charge in [-0.3, -0.25) is 9.09 Å². The number of anilines is 1. The standard InChI is InChI=1S/C11H14F2N3O12P3S/c1-2-11(4-25-30(21,22)28-31(23,24)27-29(18,19)20)7(17)6(13)9(26-11)16-3-5(12)8(14)15-10(16)32/h1,3,6-7,9,17H,4H2,(H,21,22)(H,23,24)(H2,14,15,32)(H2,18,19,20)/t6?,7?,9?,11-/m1/s1. The third kappa shape index (κ3) is 6.25. The van der Waals surface area contributed by atoms with Crippen LogP contribution in [0.3, 0.4) is 0 Å². The summed E-state index contributed by atoms with van der Waals surface area (Å²) in [6.07, 6.45) is -0.801. The topological polar surface area (TPSA) is 233 Å². The molecule has 180 valence electrons. The molecule has 1 aromatic heterocycles. The van der Waals surface area contributed by atoms with Crippen molar-refractivity contribution in [1.29, 1.82) is 0 Å². The first-order valence-corrected chi connectivity index (χ1v) is 12.7. The van der Waals surface area contributed by atoms with Gasteiger partial charge in [-0.1, -0.05) is 5.92 Å². The molecular formula is C11H14F2N3O12P3S. The van der Waals surface area contributed by atoms with Crippen LogP contribution in [0.5, 0.6) is 0 Å². The summed E-state index contributed by atoms with van der Waals surface area (Å²) < 4.78 is 78.9. The fourth-order valence-electron chi connectivity index (χ4n) is 2.37. The van der Waals surface area contributed by atoms with E-state index in [0.717, 1.165) is 0 Å². The second-order valence-corrected chi connectivity index (χ2v) is 10.7. The third-order valence-corrected chi connectivity index (χ3v) is 7.78. The molecule has 0 bridgehead atoms. The average molecular weight is 543 g/mol. The van der Waals surface area contributed by atoms with Crippen LogP contribution in [0.15, 0.2) is 6.20 Å². The van der Waals surface area contributed by atoms with Gasteiger partial charge < -0.3 is 35.2 Å². The first kappa shape index (κ1) is 27.1. The lowest BCUT2D eigenvalue weighted by Crippen LogP contribution is -2.44. The van der Waals surface area contributed by atoms with Gasteiger partial charge in [0.25, 0.3) is 0 Å². The van der Waals surface area contributed by atoms with Crippen LogP contribution in [0.2, 0.25) is 0 Å². The minimum Gasteiger partial charge on any atom is -0.386 e. The summed E-state index contributed by atoms with van der Waals surface area (Å²) in [6.45, 7) is -1.37. The number of nitrogens with two attached hydrogens (primary N) is 1. The van der Waals surface area contributed by atoms with Gasteiger partial charge in [0.05, 0.1) is 0 Å². The number of rotatable bonds is 8. The Hall–Kier alpha value is -1.15. The van der Waals surface area contributed by atoms with Crippen molar-refractivity contribution in [3.63, 3.8) is 0 Å². The summed E-state index contributed by atoms with van der Waals surface area (Å²) in [7, 11) is -17.2. The van der Waals surface area contributed by atoms with Gasteiger partial charge in [-0.05, 0) is 12.2 Å². The maximum Gasteiger partial charge on any atom is 0.490 e. The van der Waals surface area contributed by atoms with Gasteiger partial charge in [0, 0.05) is 6.20 Å². The number of hydrogen-bond donors (Lipinski definition) is 6. The summed E-state index contributed by atoms with van der Waals surface area (Å²) in [5.74, 6) is 0.0339. The Labute approximate surface area is 182 Å². The number of ether oxygens (including phenoxy) is 1. The molecule has 0 spiro atoms. The Kier molecular flexibility index (Phi) is 7.83. The predicted octanol–water partition coefficient (Wildman–Crippen LogP) is 0.277. The van der Waals surface area contributed by atoms with Crippen LogP contribution < -0.4 is 5.73 Å². The highest BCUT2D eigenvalue weighted by Crippen LogP contribution is 2.66. The van der Waals surface area contributed by atoms with Gasteiger partial charge in [-0.2, -0.15) is 13.6 Å². The van der Waals surface area contributed by atoms with Crippen LogP contribution in [0.4, 0.5) is 14.6 Å². The van der Waals surface area contributed by atoms with Gasteiger partial charge in [-0.25, -0.2) is 22.5 Å². The molecule has 0 aromatic carbocycles. The summed E-state index contributed by atoms with van der Waals surface area (Å²) in [5.41, 5.74) is 2.68. The highest BCUT2D eigenvalue weighted by molar-refractivity contribution is 7.71. The lowest BCUT2D eigenvalue weighted by Gasteiger charge is -2.27. The second-order valence-electron chi connectivity index (χ2n) is 5.96. The Morgan fingerprint density at radius 1 is 1.31 bits per heavy atom. The Bertz CT molecular complexity index is 1140.